The lowest BCUT2D eigenvalue weighted by atomic mass is 9.88. The summed E-state index contributed by atoms with van der Waals surface area (Å²) in [7, 11) is 0. The summed E-state index contributed by atoms with van der Waals surface area (Å²) >= 11 is 0. The van der Waals surface area contributed by atoms with Crippen molar-refractivity contribution in [3.8, 4) is 33.4 Å². The molecule has 0 unspecified atom stereocenters. The predicted molar refractivity (Wildman–Crippen MR) is 282 cm³/mol. The Kier molecular flexibility index (Phi) is 9.89. The van der Waals surface area contributed by atoms with Crippen molar-refractivity contribution in [2.24, 2.45) is 0 Å². The van der Waals surface area contributed by atoms with E-state index < -0.39 is 0 Å². The van der Waals surface area contributed by atoms with Crippen LogP contribution in [0.5, 0.6) is 0 Å². The van der Waals surface area contributed by atoms with E-state index in [-0.39, 0.29) is 0 Å². The van der Waals surface area contributed by atoms with Crippen molar-refractivity contribution in [1.82, 2.24) is 0 Å². The lowest BCUT2D eigenvalue weighted by Gasteiger charge is -2.25. The minimum Gasteiger partial charge on any atom is -0.310 e. The summed E-state index contributed by atoms with van der Waals surface area (Å²) < 4.78 is 0. The molecule has 0 aromatic heterocycles. The number of benzene rings is 12. The smallest absolute Gasteiger partial charge is 0.0468 e. The van der Waals surface area contributed by atoms with Gasteiger partial charge >= 0.3 is 0 Å². The summed E-state index contributed by atoms with van der Waals surface area (Å²) in [5, 5.41) is 9.79. The van der Waals surface area contributed by atoms with Gasteiger partial charge in [0.05, 0.1) is 0 Å². The molecule has 0 heterocycles. The van der Waals surface area contributed by atoms with Crippen molar-refractivity contribution < 1.29 is 0 Å². The van der Waals surface area contributed by atoms with Gasteiger partial charge in [-0.1, -0.05) is 182 Å². The van der Waals surface area contributed by atoms with Gasteiger partial charge < -0.3 is 9.80 Å². The SMILES string of the molecule is c1ccc(N(c2ccccc2)c2ccc3cc(-c4cccc5c(-c6ccc(-c7ccc8cc(N(c9ccccc9)c9ccccc9)ccc8c7)c7ccccc67)cccc45)ccc3c2)cc1. The third-order valence-corrected chi connectivity index (χ3v) is 13.0. The lowest BCUT2D eigenvalue weighted by molar-refractivity contribution is 1.29. The van der Waals surface area contributed by atoms with Crippen LogP contribution in [0.3, 0.4) is 0 Å². The summed E-state index contributed by atoms with van der Waals surface area (Å²) in [5.74, 6) is 0. The third-order valence-electron chi connectivity index (χ3n) is 13.0. The third kappa shape index (κ3) is 7.12. The number of anilines is 6. The van der Waals surface area contributed by atoms with Gasteiger partial charge in [-0.2, -0.15) is 0 Å². The highest BCUT2D eigenvalue weighted by molar-refractivity contribution is 6.12. The molecule has 12 aromatic rings. The molecule has 0 aliphatic rings. The lowest BCUT2D eigenvalue weighted by Crippen LogP contribution is -2.09. The maximum atomic E-state index is 2.34. The molecule has 0 amide bonds. The van der Waals surface area contributed by atoms with Crippen LogP contribution in [0.2, 0.25) is 0 Å². The zero-order valence-corrected chi connectivity index (χ0v) is 36.3. The first-order valence-corrected chi connectivity index (χ1v) is 22.7. The Morgan fingerprint density at radius 1 is 0.182 bits per heavy atom. The molecule has 0 fully saturated rings. The number of hydrogen-bond acceptors (Lipinski definition) is 2. The summed E-state index contributed by atoms with van der Waals surface area (Å²) in [6, 6.07) is 96.8. The van der Waals surface area contributed by atoms with Crippen LogP contribution in [-0.4, -0.2) is 0 Å². The van der Waals surface area contributed by atoms with Crippen LogP contribution < -0.4 is 9.80 Å². The molecule has 0 spiro atoms. The molecule has 0 atom stereocenters. The Balaban J connectivity index is 0.892. The van der Waals surface area contributed by atoms with E-state index in [1.54, 1.807) is 0 Å². The van der Waals surface area contributed by atoms with Gasteiger partial charge in [0.25, 0.3) is 0 Å². The Hall–Kier alpha value is -8.72. The van der Waals surface area contributed by atoms with Crippen LogP contribution in [0, 0.1) is 0 Å². The molecule has 0 saturated carbocycles. The zero-order chi connectivity index (χ0) is 43.8. The van der Waals surface area contributed by atoms with Crippen molar-refractivity contribution in [3.05, 3.63) is 267 Å². The van der Waals surface area contributed by atoms with Crippen LogP contribution in [0.15, 0.2) is 267 Å². The summed E-state index contributed by atoms with van der Waals surface area (Å²) in [5.41, 5.74) is 14.1. The van der Waals surface area contributed by atoms with Gasteiger partial charge in [0.2, 0.25) is 0 Å². The van der Waals surface area contributed by atoms with Crippen LogP contribution in [0.4, 0.5) is 34.1 Å². The molecular formula is C64H44N2. The zero-order valence-electron chi connectivity index (χ0n) is 36.3. The van der Waals surface area contributed by atoms with Gasteiger partial charge in [0.15, 0.2) is 0 Å². The van der Waals surface area contributed by atoms with Crippen LogP contribution >= 0.6 is 0 Å². The van der Waals surface area contributed by atoms with Crippen LogP contribution in [0.1, 0.15) is 0 Å². The van der Waals surface area contributed by atoms with E-state index >= 15 is 0 Å². The molecule has 0 saturated heterocycles. The maximum absolute atomic E-state index is 2.34. The van der Waals surface area contributed by atoms with Gasteiger partial charge in [-0.25, -0.2) is 0 Å². The van der Waals surface area contributed by atoms with Crippen molar-refractivity contribution in [2.45, 2.75) is 0 Å². The van der Waals surface area contributed by atoms with E-state index in [0.29, 0.717) is 0 Å². The van der Waals surface area contributed by atoms with E-state index in [0.717, 1.165) is 34.1 Å². The fraction of sp³-hybridized carbons (Fsp3) is 0. The van der Waals surface area contributed by atoms with Gasteiger partial charge in [0, 0.05) is 34.1 Å². The van der Waals surface area contributed by atoms with Gasteiger partial charge in [-0.3, -0.25) is 0 Å². The molecule has 0 aliphatic carbocycles. The highest BCUT2D eigenvalue weighted by Crippen LogP contribution is 2.43. The number of hydrogen-bond donors (Lipinski definition) is 0. The first-order valence-electron chi connectivity index (χ1n) is 22.7. The van der Waals surface area contributed by atoms with E-state index in [1.165, 1.54) is 76.5 Å². The number of nitrogens with zero attached hydrogens (tertiary/aromatic N) is 2. The normalized spacial score (nSPS) is 11.3. The van der Waals surface area contributed by atoms with Crippen LogP contribution in [0.25, 0.3) is 76.5 Å². The van der Waals surface area contributed by atoms with E-state index in [4.69, 9.17) is 0 Å². The van der Waals surface area contributed by atoms with Crippen molar-refractivity contribution in [1.29, 1.82) is 0 Å². The second-order valence-electron chi connectivity index (χ2n) is 16.9. The first kappa shape index (κ1) is 38.9. The molecule has 0 bridgehead atoms. The average Bonchev–Trinajstić information content (AvgIpc) is 3.39. The summed E-state index contributed by atoms with van der Waals surface area (Å²) in [4.78, 5) is 4.64. The standard InChI is InChI=1S/C64H44N2/c1-5-17-51(18-6-1)65(52-19-7-2-8-20-52)55-37-35-45-41-49(33-31-47(45)43-55)57-27-15-29-62-60(57)28-16-30-63(62)64-40-39-58(59-25-13-14-26-61(59)64)50-34-32-48-44-56(38-36-46(48)42-50)66(53-21-9-3-10-22-53)54-23-11-4-12-24-54/h1-44H. The molecule has 12 rings (SSSR count). The first-order chi connectivity index (χ1) is 32.7. The largest absolute Gasteiger partial charge is 0.310 e. The Bertz CT molecular complexity index is 3420. The molecule has 2 nitrogen and oxygen atoms in total. The monoisotopic (exact) mass is 840 g/mol. The number of fused-ring (bicyclic) bond motifs is 4. The van der Waals surface area contributed by atoms with E-state index in [2.05, 4.69) is 277 Å². The molecule has 0 aliphatic heterocycles. The number of rotatable bonds is 9. The Morgan fingerprint density at radius 2 is 0.485 bits per heavy atom. The molecule has 12 aromatic carbocycles. The average molecular weight is 841 g/mol. The fourth-order valence-corrected chi connectivity index (χ4v) is 9.86. The molecular weight excluding hydrogens is 797 g/mol. The van der Waals surface area contributed by atoms with E-state index in [9.17, 15) is 0 Å². The second kappa shape index (κ2) is 16.8. The highest BCUT2D eigenvalue weighted by atomic mass is 15.1. The molecule has 0 N–H and O–H groups in total. The number of para-hydroxylation sites is 4. The predicted octanol–water partition coefficient (Wildman–Crippen LogP) is 18.2. The molecule has 310 valence electrons. The van der Waals surface area contributed by atoms with E-state index in [1.807, 2.05) is 0 Å². The Morgan fingerprint density at radius 3 is 0.924 bits per heavy atom. The van der Waals surface area contributed by atoms with Gasteiger partial charge in [-0.05, 0) is 161 Å². The molecule has 0 radical (unpaired) electrons. The van der Waals surface area contributed by atoms with Crippen molar-refractivity contribution >= 4 is 77.2 Å². The summed E-state index contributed by atoms with van der Waals surface area (Å²) in [6.45, 7) is 0. The van der Waals surface area contributed by atoms with Gasteiger partial charge in [0.1, 0.15) is 0 Å². The van der Waals surface area contributed by atoms with Crippen molar-refractivity contribution in [3.63, 3.8) is 0 Å². The van der Waals surface area contributed by atoms with Crippen molar-refractivity contribution in [2.75, 3.05) is 9.80 Å². The van der Waals surface area contributed by atoms with Gasteiger partial charge in [-0.15, -0.1) is 0 Å². The topological polar surface area (TPSA) is 6.48 Å². The maximum Gasteiger partial charge on any atom is 0.0468 e. The van der Waals surface area contributed by atoms with Crippen LogP contribution in [-0.2, 0) is 0 Å². The Labute approximate surface area is 385 Å². The quantitative estimate of drug-likeness (QED) is 0.143. The summed E-state index contributed by atoms with van der Waals surface area (Å²) in [6.07, 6.45) is 0. The fourth-order valence-electron chi connectivity index (χ4n) is 9.86. The second-order valence-corrected chi connectivity index (χ2v) is 16.9. The molecule has 66 heavy (non-hydrogen) atoms. The molecule has 2 heteroatoms. The minimum absolute atomic E-state index is 1.13. The minimum atomic E-state index is 1.13. The highest BCUT2D eigenvalue weighted by Gasteiger charge is 2.17.